The maximum Gasteiger partial charge on any atom is 0.412 e. The van der Waals surface area contributed by atoms with E-state index in [9.17, 15) is 4.79 Å². The fourth-order valence-electron chi connectivity index (χ4n) is 4.38. The molecule has 2 aliphatic heterocycles. The zero-order valence-corrected chi connectivity index (χ0v) is 21.9. The van der Waals surface area contributed by atoms with Crippen molar-refractivity contribution < 1.29 is 23.7 Å². The summed E-state index contributed by atoms with van der Waals surface area (Å²) in [4.78, 5) is 14.6. The van der Waals surface area contributed by atoms with Gasteiger partial charge in [0.05, 0.1) is 19.3 Å². The van der Waals surface area contributed by atoms with Crippen LogP contribution in [0.15, 0.2) is 78.9 Å². The summed E-state index contributed by atoms with van der Waals surface area (Å²) in [5.41, 5.74) is 2.58. The maximum absolute atomic E-state index is 12.5. The van der Waals surface area contributed by atoms with E-state index < -0.39 is 12.2 Å². The molecular weight excluding hydrogens is 504 g/mol. The molecule has 2 fully saturated rings. The average Bonchev–Trinajstić information content (AvgIpc) is 3.49. The third-order valence-corrected chi connectivity index (χ3v) is 6.52. The number of ether oxygens (including phenoxy) is 4. The van der Waals surface area contributed by atoms with Gasteiger partial charge < -0.3 is 34.5 Å². The van der Waals surface area contributed by atoms with Gasteiger partial charge in [-0.15, -0.1) is 0 Å². The summed E-state index contributed by atoms with van der Waals surface area (Å²) in [5, 5.41) is 9.67. The molecule has 3 aromatic carbocycles. The van der Waals surface area contributed by atoms with Gasteiger partial charge >= 0.3 is 6.09 Å². The number of carbonyl (C=O) groups excluding carboxylic acids is 1. The molecule has 1 amide bonds. The average molecular weight is 535 g/mol. The van der Waals surface area contributed by atoms with Crippen LogP contribution in [0.3, 0.4) is 0 Å². The maximum atomic E-state index is 12.5. The molecule has 198 valence electrons. The number of fused-ring (bicyclic) bond motifs is 1. The SMILES string of the molecule is CN(C)c1ccc(NC(=S)NC2COC3C(OC(=O)Nc4ccc(Oc5ccccc5)cc4)COC23)cc1. The van der Waals surface area contributed by atoms with Crippen molar-refractivity contribution in [3.8, 4) is 11.5 Å². The first-order valence-electron chi connectivity index (χ1n) is 12.3. The van der Waals surface area contributed by atoms with E-state index in [-0.39, 0.29) is 24.9 Å². The minimum Gasteiger partial charge on any atom is -0.457 e. The Morgan fingerprint density at radius 3 is 2.18 bits per heavy atom. The molecule has 0 spiro atoms. The lowest BCUT2D eigenvalue weighted by Crippen LogP contribution is -2.46. The number of hydrogen-bond acceptors (Lipinski definition) is 7. The number of anilines is 3. The predicted molar refractivity (Wildman–Crippen MR) is 150 cm³/mol. The number of carbonyl (C=O) groups is 1. The second kappa shape index (κ2) is 11.7. The van der Waals surface area contributed by atoms with Crippen molar-refractivity contribution in [3.05, 3.63) is 78.9 Å². The van der Waals surface area contributed by atoms with Gasteiger partial charge in [-0.1, -0.05) is 18.2 Å². The van der Waals surface area contributed by atoms with Gasteiger partial charge in [0.2, 0.25) is 0 Å². The Morgan fingerprint density at radius 1 is 0.842 bits per heavy atom. The van der Waals surface area contributed by atoms with E-state index >= 15 is 0 Å². The van der Waals surface area contributed by atoms with Gasteiger partial charge in [0.25, 0.3) is 0 Å². The van der Waals surface area contributed by atoms with Gasteiger partial charge in [-0.2, -0.15) is 0 Å². The van der Waals surface area contributed by atoms with Crippen LogP contribution >= 0.6 is 12.2 Å². The first kappa shape index (κ1) is 25.8. The van der Waals surface area contributed by atoms with E-state index in [4.69, 9.17) is 31.2 Å². The number of benzene rings is 3. The van der Waals surface area contributed by atoms with E-state index in [0.29, 0.717) is 23.2 Å². The van der Waals surface area contributed by atoms with Crippen molar-refractivity contribution >= 4 is 40.5 Å². The standard InChI is InChI=1S/C28H30N4O5S/c1-32(2)20-12-8-18(9-13-20)29-27(38)31-23-16-34-26-24(17-35-25(23)26)37-28(33)30-19-10-14-22(15-11-19)36-21-6-4-3-5-7-21/h3-15,23-26H,16-17H2,1-2H3,(H,30,33)(H2,29,31,38). The lowest BCUT2D eigenvalue weighted by atomic mass is 10.1. The fourth-order valence-corrected chi connectivity index (χ4v) is 4.65. The van der Waals surface area contributed by atoms with Gasteiger partial charge in [-0.3, -0.25) is 5.32 Å². The first-order chi connectivity index (χ1) is 18.4. The molecule has 38 heavy (non-hydrogen) atoms. The fraction of sp³-hybridized carbons (Fsp3) is 0.286. The van der Waals surface area contributed by atoms with Crippen LogP contribution < -0.4 is 25.6 Å². The van der Waals surface area contributed by atoms with E-state index in [2.05, 4.69) is 16.0 Å². The molecule has 0 aromatic heterocycles. The van der Waals surface area contributed by atoms with E-state index in [0.717, 1.165) is 17.1 Å². The van der Waals surface area contributed by atoms with Gasteiger partial charge in [0.15, 0.2) is 11.2 Å². The molecule has 4 atom stereocenters. The number of nitrogens with zero attached hydrogens (tertiary/aromatic N) is 1. The molecule has 0 bridgehead atoms. The van der Waals surface area contributed by atoms with Crippen LogP contribution in [-0.2, 0) is 14.2 Å². The number of amides is 1. The van der Waals surface area contributed by atoms with E-state index in [1.165, 1.54) is 0 Å². The van der Waals surface area contributed by atoms with Gasteiger partial charge in [0.1, 0.15) is 23.7 Å². The van der Waals surface area contributed by atoms with Crippen LogP contribution in [0.1, 0.15) is 0 Å². The molecule has 0 radical (unpaired) electrons. The lowest BCUT2D eigenvalue weighted by Gasteiger charge is -2.20. The Kier molecular flexibility index (Phi) is 7.92. The summed E-state index contributed by atoms with van der Waals surface area (Å²) < 4.78 is 23.2. The van der Waals surface area contributed by atoms with Gasteiger partial charge in [-0.25, -0.2) is 4.79 Å². The zero-order valence-electron chi connectivity index (χ0n) is 21.1. The Labute approximate surface area is 227 Å². The second-order valence-corrected chi connectivity index (χ2v) is 9.66. The Balaban J connectivity index is 1.08. The van der Waals surface area contributed by atoms with E-state index in [1.807, 2.05) is 73.6 Å². The molecule has 2 heterocycles. The van der Waals surface area contributed by atoms with Crippen molar-refractivity contribution in [1.29, 1.82) is 0 Å². The van der Waals surface area contributed by atoms with Gasteiger partial charge in [0, 0.05) is 31.2 Å². The Hall–Kier alpha value is -3.86. The second-order valence-electron chi connectivity index (χ2n) is 9.25. The Bertz CT molecular complexity index is 1240. The molecular formula is C28H30N4O5S. The summed E-state index contributed by atoms with van der Waals surface area (Å²) in [5.74, 6) is 1.40. The van der Waals surface area contributed by atoms with Crippen molar-refractivity contribution in [2.45, 2.75) is 24.4 Å². The molecule has 2 saturated heterocycles. The first-order valence-corrected chi connectivity index (χ1v) is 12.7. The van der Waals surface area contributed by atoms with Crippen molar-refractivity contribution in [2.75, 3.05) is 42.8 Å². The van der Waals surface area contributed by atoms with E-state index in [1.54, 1.807) is 24.3 Å². The van der Waals surface area contributed by atoms with Crippen LogP contribution in [-0.4, -0.2) is 62.9 Å². The topological polar surface area (TPSA) is 93.3 Å². The van der Waals surface area contributed by atoms with Crippen LogP contribution in [0.25, 0.3) is 0 Å². The van der Waals surface area contributed by atoms with Crippen LogP contribution in [0, 0.1) is 0 Å². The van der Waals surface area contributed by atoms with Crippen LogP contribution in [0.4, 0.5) is 21.9 Å². The van der Waals surface area contributed by atoms with Gasteiger partial charge in [-0.05, 0) is 72.9 Å². The molecule has 4 unspecified atom stereocenters. The normalized spacial score (nSPS) is 21.7. The van der Waals surface area contributed by atoms with Crippen molar-refractivity contribution in [2.24, 2.45) is 0 Å². The number of thiocarbonyl (C=S) groups is 1. The number of rotatable bonds is 7. The summed E-state index contributed by atoms with van der Waals surface area (Å²) in [7, 11) is 3.99. The quantitative estimate of drug-likeness (QED) is 0.376. The third kappa shape index (κ3) is 6.34. The highest BCUT2D eigenvalue weighted by Gasteiger charge is 2.49. The van der Waals surface area contributed by atoms with Crippen LogP contribution in [0.5, 0.6) is 11.5 Å². The number of nitrogens with one attached hydrogen (secondary N) is 3. The third-order valence-electron chi connectivity index (χ3n) is 6.30. The summed E-state index contributed by atoms with van der Waals surface area (Å²) >= 11 is 5.49. The lowest BCUT2D eigenvalue weighted by molar-refractivity contribution is 0.00880. The molecule has 0 saturated carbocycles. The van der Waals surface area contributed by atoms with Crippen LogP contribution in [0.2, 0.25) is 0 Å². The Morgan fingerprint density at radius 2 is 1.47 bits per heavy atom. The largest absolute Gasteiger partial charge is 0.457 e. The molecule has 0 aliphatic carbocycles. The molecule has 5 rings (SSSR count). The van der Waals surface area contributed by atoms with Crippen molar-refractivity contribution in [1.82, 2.24) is 5.32 Å². The summed E-state index contributed by atoms with van der Waals surface area (Å²) in [6, 6.07) is 24.3. The minimum atomic E-state index is -0.575. The zero-order chi connectivity index (χ0) is 26.5. The predicted octanol–water partition coefficient (Wildman–Crippen LogP) is 4.61. The van der Waals surface area contributed by atoms with Crippen molar-refractivity contribution in [3.63, 3.8) is 0 Å². The highest BCUT2D eigenvalue weighted by molar-refractivity contribution is 7.80. The number of para-hydroxylation sites is 1. The summed E-state index contributed by atoms with van der Waals surface area (Å²) in [6.07, 6.45) is -1.75. The molecule has 9 nitrogen and oxygen atoms in total. The monoisotopic (exact) mass is 534 g/mol. The summed E-state index contributed by atoms with van der Waals surface area (Å²) in [6.45, 7) is 0.637. The molecule has 3 N–H and O–H groups in total. The molecule has 10 heteroatoms. The smallest absolute Gasteiger partial charge is 0.412 e. The molecule has 2 aliphatic rings. The highest BCUT2D eigenvalue weighted by atomic mass is 32.1. The minimum absolute atomic E-state index is 0.158. The molecule has 3 aromatic rings. The highest BCUT2D eigenvalue weighted by Crippen LogP contribution is 2.30. The number of hydrogen-bond donors (Lipinski definition) is 3.